The number of hydrogen-bond donors (Lipinski definition) is 2. The molecule has 180 valence electrons. The fourth-order valence-corrected chi connectivity index (χ4v) is 2.67. The van der Waals surface area contributed by atoms with Gasteiger partial charge in [-0.1, -0.05) is 24.3 Å². The molecule has 4 aromatic carbocycles. The van der Waals surface area contributed by atoms with Gasteiger partial charge in [0, 0.05) is 12.1 Å². The Morgan fingerprint density at radius 2 is 0.833 bits per heavy atom. The van der Waals surface area contributed by atoms with Crippen LogP contribution >= 0.6 is 0 Å². The van der Waals surface area contributed by atoms with Crippen LogP contribution in [0, 0.1) is 20.2 Å². The van der Waals surface area contributed by atoms with Crippen LogP contribution in [0.4, 0.5) is 34.1 Å². The Morgan fingerprint density at radius 1 is 0.500 bits per heavy atom. The first-order valence-electron chi connectivity index (χ1n) is 10.2. The normalized spacial score (nSPS) is 10.7. The zero-order valence-electron chi connectivity index (χ0n) is 18.4. The van der Waals surface area contributed by atoms with Crippen molar-refractivity contribution >= 4 is 34.1 Å². The molecule has 0 aliphatic heterocycles. The largest absolute Gasteiger partial charge is 0.508 e. The fourth-order valence-electron chi connectivity index (χ4n) is 2.67. The quantitative estimate of drug-likeness (QED) is 0.162. The summed E-state index contributed by atoms with van der Waals surface area (Å²) in [6, 6.07) is 24.3. The molecule has 0 bridgehead atoms. The highest BCUT2D eigenvalue weighted by molar-refractivity contribution is 5.57. The lowest BCUT2D eigenvalue weighted by atomic mass is 10.3. The number of para-hydroxylation sites is 2. The van der Waals surface area contributed by atoms with Crippen molar-refractivity contribution < 1.29 is 20.1 Å². The summed E-state index contributed by atoms with van der Waals surface area (Å²) in [6.07, 6.45) is 0. The molecule has 0 unspecified atom stereocenters. The van der Waals surface area contributed by atoms with Crippen molar-refractivity contribution in [1.29, 1.82) is 0 Å². The number of nitrogens with zero attached hydrogens (tertiary/aromatic N) is 6. The first kappa shape index (κ1) is 25.1. The number of phenols is 2. The van der Waals surface area contributed by atoms with Crippen molar-refractivity contribution in [3.8, 4) is 11.5 Å². The van der Waals surface area contributed by atoms with Crippen LogP contribution in [0.3, 0.4) is 0 Å². The fraction of sp³-hybridized carbons (Fsp3) is 0. The highest BCUT2D eigenvalue weighted by atomic mass is 16.6. The minimum Gasteiger partial charge on any atom is -0.508 e. The Morgan fingerprint density at radius 3 is 1.17 bits per heavy atom. The minimum atomic E-state index is -0.509. The van der Waals surface area contributed by atoms with E-state index in [1.165, 1.54) is 48.5 Å². The van der Waals surface area contributed by atoms with Gasteiger partial charge in [-0.25, -0.2) is 0 Å². The molecular weight excluding hydrogens is 468 g/mol. The third-order valence-electron chi connectivity index (χ3n) is 4.40. The molecular formula is C24H18N6O6. The van der Waals surface area contributed by atoms with Crippen molar-refractivity contribution in [2.45, 2.75) is 0 Å². The van der Waals surface area contributed by atoms with Gasteiger partial charge in [-0.05, 0) is 60.7 Å². The van der Waals surface area contributed by atoms with E-state index in [0.29, 0.717) is 11.4 Å². The molecule has 0 aliphatic carbocycles. The highest BCUT2D eigenvalue weighted by Crippen LogP contribution is 2.29. The van der Waals surface area contributed by atoms with Crippen LogP contribution in [0.1, 0.15) is 0 Å². The van der Waals surface area contributed by atoms with Crippen molar-refractivity contribution in [2.24, 2.45) is 20.5 Å². The monoisotopic (exact) mass is 486 g/mol. The highest BCUT2D eigenvalue weighted by Gasteiger charge is 2.12. The molecule has 0 aliphatic rings. The Balaban J connectivity index is 0.000000201. The zero-order valence-corrected chi connectivity index (χ0v) is 18.4. The third-order valence-corrected chi connectivity index (χ3v) is 4.40. The van der Waals surface area contributed by atoms with Crippen molar-refractivity contribution in [1.82, 2.24) is 0 Å². The van der Waals surface area contributed by atoms with Gasteiger partial charge in [0.05, 0.1) is 21.2 Å². The van der Waals surface area contributed by atoms with Crippen molar-refractivity contribution in [3.05, 3.63) is 117 Å². The lowest BCUT2D eigenvalue weighted by Crippen LogP contribution is -1.86. The molecule has 4 aromatic rings. The predicted octanol–water partition coefficient (Wildman–Crippen LogP) is 7.43. The summed E-state index contributed by atoms with van der Waals surface area (Å²) in [6.45, 7) is 0. The maximum Gasteiger partial charge on any atom is 0.296 e. The molecule has 0 spiro atoms. The Hall–Kier alpha value is -5.52. The van der Waals surface area contributed by atoms with Crippen LogP contribution in [-0.4, -0.2) is 20.1 Å². The van der Waals surface area contributed by atoms with E-state index in [2.05, 4.69) is 20.5 Å². The molecule has 12 heteroatoms. The van der Waals surface area contributed by atoms with E-state index in [-0.39, 0.29) is 34.2 Å². The number of nitro groups is 2. The lowest BCUT2D eigenvalue weighted by molar-refractivity contribution is -0.384. The van der Waals surface area contributed by atoms with Gasteiger partial charge in [-0.2, -0.15) is 10.2 Å². The summed E-state index contributed by atoms with van der Waals surface area (Å²) in [7, 11) is 0. The van der Waals surface area contributed by atoms with Gasteiger partial charge >= 0.3 is 0 Å². The SMILES string of the molecule is O=[N+]([O-])c1ccccc1N=Nc1ccc(O)cc1.O=[N+]([O-])c1ccccc1N=Nc1ccc(O)cc1. The molecule has 12 nitrogen and oxygen atoms in total. The molecule has 0 saturated carbocycles. The smallest absolute Gasteiger partial charge is 0.296 e. The summed E-state index contributed by atoms with van der Waals surface area (Å²) in [5, 5.41) is 55.1. The van der Waals surface area contributed by atoms with Gasteiger partial charge in [0.2, 0.25) is 0 Å². The molecule has 0 radical (unpaired) electrons. The molecule has 0 atom stereocenters. The average molecular weight is 486 g/mol. The molecule has 36 heavy (non-hydrogen) atoms. The van der Waals surface area contributed by atoms with E-state index in [1.807, 2.05) is 0 Å². The van der Waals surface area contributed by atoms with E-state index in [4.69, 9.17) is 10.2 Å². The van der Waals surface area contributed by atoms with Gasteiger partial charge in [0.1, 0.15) is 11.5 Å². The number of phenolic OH excluding ortho intramolecular Hbond substituents is 2. The second-order valence-electron chi connectivity index (χ2n) is 6.92. The standard InChI is InChI=1S/2C12H9N3O3/c2*16-10-7-5-9(6-8-10)13-14-11-3-1-2-4-12(11)15(17)18/h2*1-8,16H. The summed E-state index contributed by atoms with van der Waals surface area (Å²) < 4.78 is 0. The molecule has 2 N–H and O–H groups in total. The van der Waals surface area contributed by atoms with E-state index in [9.17, 15) is 20.2 Å². The Labute approximate surface area is 203 Å². The van der Waals surface area contributed by atoms with E-state index < -0.39 is 9.85 Å². The summed E-state index contributed by atoms with van der Waals surface area (Å²) >= 11 is 0. The second kappa shape index (κ2) is 12.1. The number of benzene rings is 4. The van der Waals surface area contributed by atoms with E-state index >= 15 is 0 Å². The van der Waals surface area contributed by atoms with Crippen LogP contribution in [0.5, 0.6) is 11.5 Å². The number of azo groups is 2. The molecule has 0 heterocycles. The van der Waals surface area contributed by atoms with E-state index in [1.54, 1.807) is 48.5 Å². The van der Waals surface area contributed by atoms with Crippen molar-refractivity contribution in [3.63, 3.8) is 0 Å². The van der Waals surface area contributed by atoms with E-state index in [0.717, 1.165) is 0 Å². The predicted molar refractivity (Wildman–Crippen MR) is 131 cm³/mol. The molecule has 0 fully saturated rings. The zero-order chi connectivity index (χ0) is 25.9. The average Bonchev–Trinajstić information content (AvgIpc) is 2.88. The third kappa shape index (κ3) is 7.25. The second-order valence-corrected chi connectivity index (χ2v) is 6.92. The van der Waals surface area contributed by atoms with Gasteiger partial charge in [0.25, 0.3) is 11.4 Å². The van der Waals surface area contributed by atoms with Gasteiger partial charge in [-0.15, -0.1) is 10.2 Å². The number of hydrogen-bond acceptors (Lipinski definition) is 10. The van der Waals surface area contributed by atoms with Crippen LogP contribution in [0.25, 0.3) is 0 Å². The number of rotatable bonds is 6. The van der Waals surface area contributed by atoms with Crippen LogP contribution in [-0.2, 0) is 0 Å². The lowest BCUT2D eigenvalue weighted by Gasteiger charge is -1.96. The number of nitro benzene ring substituents is 2. The van der Waals surface area contributed by atoms with Crippen LogP contribution in [0.2, 0.25) is 0 Å². The topological polar surface area (TPSA) is 176 Å². The maximum atomic E-state index is 10.7. The maximum absolute atomic E-state index is 10.7. The summed E-state index contributed by atoms with van der Waals surface area (Å²) in [5.41, 5.74) is 1.20. The summed E-state index contributed by atoms with van der Waals surface area (Å²) in [4.78, 5) is 20.5. The van der Waals surface area contributed by atoms with Crippen LogP contribution < -0.4 is 0 Å². The van der Waals surface area contributed by atoms with Gasteiger partial charge in [-0.3, -0.25) is 20.2 Å². The first-order valence-corrected chi connectivity index (χ1v) is 10.2. The molecule has 0 aromatic heterocycles. The molecule has 0 amide bonds. The number of aromatic hydroxyl groups is 2. The van der Waals surface area contributed by atoms with Crippen molar-refractivity contribution in [2.75, 3.05) is 0 Å². The first-order chi connectivity index (χ1) is 17.3. The van der Waals surface area contributed by atoms with Crippen LogP contribution in [0.15, 0.2) is 118 Å². The summed E-state index contributed by atoms with van der Waals surface area (Å²) in [5.74, 6) is 0.249. The van der Waals surface area contributed by atoms with Gasteiger partial charge < -0.3 is 10.2 Å². The molecule has 0 saturated heterocycles. The minimum absolute atomic E-state index is 0.0972. The molecule has 4 rings (SSSR count). The van der Waals surface area contributed by atoms with Gasteiger partial charge in [0.15, 0.2) is 11.4 Å². The Kier molecular flexibility index (Phi) is 8.43. The Bertz CT molecular complexity index is 1300.